The maximum atomic E-state index is 13.1. The Morgan fingerprint density at radius 3 is 2.58 bits per heavy atom. The predicted octanol–water partition coefficient (Wildman–Crippen LogP) is 6.22. The molecule has 0 bridgehead atoms. The molecule has 0 saturated carbocycles. The molecule has 3 heterocycles. The van der Waals surface area contributed by atoms with Crippen LogP contribution in [0.2, 0.25) is 5.02 Å². The molecule has 0 amide bonds. The molecule has 1 aliphatic rings. The summed E-state index contributed by atoms with van der Waals surface area (Å²) in [6, 6.07) is 18.7. The van der Waals surface area contributed by atoms with Gasteiger partial charge in [0.05, 0.1) is 12.6 Å². The van der Waals surface area contributed by atoms with Crippen LogP contribution in [0.25, 0.3) is 16.8 Å². The molecule has 0 unspecified atom stereocenters. The Morgan fingerprint density at radius 1 is 1.06 bits per heavy atom. The van der Waals surface area contributed by atoms with Crippen molar-refractivity contribution in [1.82, 2.24) is 14.3 Å². The summed E-state index contributed by atoms with van der Waals surface area (Å²) in [4.78, 5) is 7.62. The first-order valence-electron chi connectivity index (χ1n) is 11.4. The first-order valence-corrected chi connectivity index (χ1v) is 11.8. The van der Waals surface area contributed by atoms with Gasteiger partial charge in [-0.2, -0.15) is 0 Å². The Labute approximate surface area is 198 Å². The van der Waals surface area contributed by atoms with Crippen LogP contribution in [0.5, 0.6) is 5.75 Å². The lowest BCUT2D eigenvalue weighted by atomic mass is 9.95. The van der Waals surface area contributed by atoms with Crippen LogP contribution in [-0.2, 0) is 6.42 Å². The quantitative estimate of drug-likeness (QED) is 0.339. The van der Waals surface area contributed by atoms with Crippen LogP contribution in [0.1, 0.15) is 30.1 Å². The van der Waals surface area contributed by atoms with Crippen molar-refractivity contribution in [3.63, 3.8) is 0 Å². The largest absolute Gasteiger partial charge is 0.496 e. The van der Waals surface area contributed by atoms with Gasteiger partial charge >= 0.3 is 0 Å². The van der Waals surface area contributed by atoms with E-state index in [1.807, 2.05) is 54.7 Å². The highest BCUT2D eigenvalue weighted by Gasteiger charge is 2.26. The van der Waals surface area contributed by atoms with Crippen molar-refractivity contribution in [2.24, 2.45) is 0 Å². The molecule has 0 aliphatic carbocycles. The fourth-order valence-electron chi connectivity index (χ4n) is 4.76. The molecular formula is C27H27ClFN3O. The van der Waals surface area contributed by atoms with E-state index >= 15 is 0 Å². The fraction of sp³-hybridized carbons (Fsp3) is 0.296. The van der Waals surface area contributed by atoms with E-state index < -0.39 is 0 Å². The van der Waals surface area contributed by atoms with E-state index in [1.54, 1.807) is 7.11 Å². The minimum absolute atomic E-state index is 0.180. The van der Waals surface area contributed by atoms with Gasteiger partial charge in [-0.05, 0) is 74.3 Å². The molecule has 6 heteroatoms. The molecule has 2 aromatic heterocycles. The van der Waals surface area contributed by atoms with E-state index in [9.17, 15) is 4.39 Å². The first kappa shape index (κ1) is 21.9. The lowest BCUT2D eigenvalue weighted by Crippen LogP contribution is -2.34. The van der Waals surface area contributed by atoms with Gasteiger partial charge in [-0.1, -0.05) is 35.9 Å². The second-order valence-electron chi connectivity index (χ2n) is 8.61. The summed E-state index contributed by atoms with van der Waals surface area (Å²) in [5, 5.41) is 0.695. The summed E-state index contributed by atoms with van der Waals surface area (Å²) in [5.74, 6) is 2.09. The zero-order chi connectivity index (χ0) is 22.8. The lowest BCUT2D eigenvalue weighted by molar-refractivity contribution is 0.211. The third-order valence-electron chi connectivity index (χ3n) is 6.58. The molecule has 1 saturated heterocycles. The SMILES string of the molecule is COc1ccccc1-c1nc(C2CCN(CCc3ccc(F)cc3)CC2)n2ccc(Cl)cc12. The first-order chi connectivity index (χ1) is 16.1. The molecule has 33 heavy (non-hydrogen) atoms. The van der Waals surface area contributed by atoms with Crippen molar-refractivity contribution in [1.29, 1.82) is 0 Å². The number of hydrogen-bond acceptors (Lipinski definition) is 3. The minimum atomic E-state index is -0.180. The third-order valence-corrected chi connectivity index (χ3v) is 6.81. The zero-order valence-electron chi connectivity index (χ0n) is 18.7. The molecule has 1 fully saturated rings. The third kappa shape index (κ3) is 4.61. The number of para-hydroxylation sites is 1. The number of likely N-dealkylation sites (tertiary alicyclic amines) is 1. The number of halogens is 2. The standard InChI is InChI=1S/C27H27ClFN3O/c1-33-25-5-3-2-4-23(25)26-24-18-21(28)13-17-32(24)27(30-26)20-11-15-31(16-12-20)14-10-19-6-8-22(29)9-7-19/h2-9,13,17-18,20H,10-12,14-16H2,1H3. The second kappa shape index (κ2) is 9.54. The number of nitrogens with zero attached hydrogens (tertiary/aromatic N) is 3. The van der Waals surface area contributed by atoms with Crippen molar-refractivity contribution < 1.29 is 9.13 Å². The van der Waals surface area contributed by atoms with Crippen molar-refractivity contribution in [2.45, 2.75) is 25.2 Å². The van der Waals surface area contributed by atoms with Crippen LogP contribution in [0.3, 0.4) is 0 Å². The molecule has 170 valence electrons. The number of aromatic nitrogens is 2. The molecule has 1 aliphatic heterocycles. The highest BCUT2D eigenvalue weighted by atomic mass is 35.5. The smallest absolute Gasteiger partial charge is 0.128 e. The number of piperidine rings is 1. The summed E-state index contributed by atoms with van der Waals surface area (Å²) >= 11 is 6.36. The second-order valence-corrected chi connectivity index (χ2v) is 9.05. The van der Waals surface area contributed by atoms with Gasteiger partial charge < -0.3 is 14.0 Å². The predicted molar refractivity (Wildman–Crippen MR) is 131 cm³/mol. The van der Waals surface area contributed by atoms with E-state index in [1.165, 1.54) is 17.7 Å². The molecule has 0 spiro atoms. The molecule has 2 aromatic carbocycles. The Bertz CT molecular complexity index is 1250. The molecule has 4 aromatic rings. The van der Waals surface area contributed by atoms with Gasteiger partial charge in [-0.15, -0.1) is 0 Å². The maximum Gasteiger partial charge on any atom is 0.128 e. The Kier molecular flexibility index (Phi) is 6.34. The van der Waals surface area contributed by atoms with Crippen LogP contribution in [0, 0.1) is 5.82 Å². The van der Waals surface area contributed by atoms with Crippen LogP contribution in [0.15, 0.2) is 66.9 Å². The number of hydrogen-bond donors (Lipinski definition) is 0. The van der Waals surface area contributed by atoms with Crippen LogP contribution in [0.4, 0.5) is 4.39 Å². The number of methoxy groups -OCH3 is 1. The number of ether oxygens (including phenoxy) is 1. The van der Waals surface area contributed by atoms with Gasteiger partial charge in [0.1, 0.15) is 23.1 Å². The van der Waals surface area contributed by atoms with Gasteiger partial charge in [-0.3, -0.25) is 0 Å². The van der Waals surface area contributed by atoms with Crippen molar-refractivity contribution in [2.75, 3.05) is 26.7 Å². The number of imidazole rings is 1. The zero-order valence-corrected chi connectivity index (χ0v) is 19.4. The maximum absolute atomic E-state index is 13.1. The van der Waals surface area contributed by atoms with Crippen molar-refractivity contribution in [3.05, 3.63) is 89.1 Å². The van der Waals surface area contributed by atoms with Crippen LogP contribution < -0.4 is 4.74 Å². The summed E-state index contributed by atoms with van der Waals surface area (Å²) in [5.41, 5.74) is 4.06. The number of fused-ring (bicyclic) bond motifs is 1. The lowest BCUT2D eigenvalue weighted by Gasteiger charge is -2.31. The summed E-state index contributed by atoms with van der Waals surface area (Å²) in [6.07, 6.45) is 5.07. The summed E-state index contributed by atoms with van der Waals surface area (Å²) < 4.78 is 20.9. The summed E-state index contributed by atoms with van der Waals surface area (Å²) in [7, 11) is 1.69. The summed E-state index contributed by atoms with van der Waals surface area (Å²) in [6.45, 7) is 3.04. The van der Waals surface area contributed by atoms with Crippen LogP contribution >= 0.6 is 11.6 Å². The van der Waals surface area contributed by atoms with Gasteiger partial charge in [0.2, 0.25) is 0 Å². The van der Waals surface area contributed by atoms with E-state index in [4.69, 9.17) is 21.3 Å². The van der Waals surface area contributed by atoms with Gasteiger partial charge in [0.25, 0.3) is 0 Å². The molecule has 0 radical (unpaired) electrons. The Balaban J connectivity index is 1.36. The number of pyridine rings is 1. The van der Waals surface area contributed by atoms with E-state index in [-0.39, 0.29) is 5.82 Å². The average molecular weight is 464 g/mol. The van der Waals surface area contributed by atoms with E-state index in [0.29, 0.717) is 10.9 Å². The molecular weight excluding hydrogens is 437 g/mol. The molecule has 5 rings (SSSR count). The van der Waals surface area contributed by atoms with Gasteiger partial charge in [0.15, 0.2) is 0 Å². The normalized spacial score (nSPS) is 15.2. The molecule has 0 atom stereocenters. The topological polar surface area (TPSA) is 29.8 Å². The molecule has 0 N–H and O–H groups in total. The van der Waals surface area contributed by atoms with Gasteiger partial charge in [0, 0.05) is 29.2 Å². The monoisotopic (exact) mass is 463 g/mol. The number of benzene rings is 2. The van der Waals surface area contributed by atoms with Gasteiger partial charge in [-0.25, -0.2) is 9.37 Å². The average Bonchev–Trinajstić information content (AvgIpc) is 3.22. The number of rotatable bonds is 6. The van der Waals surface area contributed by atoms with E-state index in [0.717, 1.165) is 67.2 Å². The Hall–Kier alpha value is -2.89. The van der Waals surface area contributed by atoms with Crippen molar-refractivity contribution in [3.8, 4) is 17.0 Å². The van der Waals surface area contributed by atoms with Crippen molar-refractivity contribution >= 4 is 17.1 Å². The Morgan fingerprint density at radius 2 is 1.82 bits per heavy atom. The minimum Gasteiger partial charge on any atom is -0.496 e. The van der Waals surface area contributed by atoms with E-state index in [2.05, 4.69) is 9.30 Å². The molecule has 4 nitrogen and oxygen atoms in total. The fourth-order valence-corrected chi connectivity index (χ4v) is 4.92. The highest BCUT2D eigenvalue weighted by Crippen LogP contribution is 2.37. The highest BCUT2D eigenvalue weighted by molar-refractivity contribution is 6.31. The van der Waals surface area contributed by atoms with Crippen LogP contribution in [-0.4, -0.2) is 41.0 Å².